The van der Waals surface area contributed by atoms with Gasteiger partial charge in [-0.05, 0) is 54.5 Å². The van der Waals surface area contributed by atoms with Gasteiger partial charge in [-0.2, -0.15) is 0 Å². The molecule has 3 aliphatic rings. The van der Waals surface area contributed by atoms with Crippen molar-refractivity contribution < 1.29 is 19.2 Å². The molecular formula is C27H29N3O4. The number of nitrogens with one attached hydrogen (secondary N) is 2. The van der Waals surface area contributed by atoms with Gasteiger partial charge in [0.25, 0.3) is 11.8 Å². The van der Waals surface area contributed by atoms with Crippen molar-refractivity contribution in [2.24, 2.45) is 5.92 Å². The van der Waals surface area contributed by atoms with Crippen molar-refractivity contribution >= 4 is 23.6 Å². The van der Waals surface area contributed by atoms with Crippen LogP contribution in [0.15, 0.2) is 48.5 Å². The molecule has 1 aliphatic carbocycles. The van der Waals surface area contributed by atoms with Crippen LogP contribution in [0.5, 0.6) is 0 Å². The highest BCUT2D eigenvalue weighted by molar-refractivity contribution is 6.06. The Kier molecular flexibility index (Phi) is 6.18. The maximum atomic E-state index is 13.3. The van der Waals surface area contributed by atoms with E-state index in [1.54, 1.807) is 18.2 Å². The molecule has 0 radical (unpaired) electrons. The molecule has 0 bridgehead atoms. The molecule has 0 spiro atoms. The van der Waals surface area contributed by atoms with Gasteiger partial charge in [0.1, 0.15) is 6.04 Å². The van der Waals surface area contributed by atoms with Crippen LogP contribution in [0.1, 0.15) is 82.8 Å². The van der Waals surface area contributed by atoms with Gasteiger partial charge in [0.2, 0.25) is 11.8 Å². The van der Waals surface area contributed by atoms with Crippen molar-refractivity contribution in [1.82, 2.24) is 15.5 Å². The Morgan fingerprint density at radius 3 is 2.47 bits per heavy atom. The molecule has 0 aromatic heterocycles. The highest BCUT2D eigenvalue weighted by Gasteiger charge is 2.39. The Morgan fingerprint density at radius 2 is 1.74 bits per heavy atom. The maximum absolute atomic E-state index is 13.3. The van der Waals surface area contributed by atoms with E-state index in [0.29, 0.717) is 23.5 Å². The molecular weight excluding hydrogens is 430 g/mol. The molecule has 5 rings (SSSR count). The van der Waals surface area contributed by atoms with Crippen molar-refractivity contribution in [3.8, 4) is 0 Å². The molecule has 2 atom stereocenters. The molecule has 2 aromatic rings. The highest BCUT2D eigenvalue weighted by atomic mass is 16.2. The average Bonchev–Trinajstić information content (AvgIpc) is 3.19. The number of hydrogen-bond donors (Lipinski definition) is 2. The van der Waals surface area contributed by atoms with Gasteiger partial charge < -0.3 is 10.2 Å². The van der Waals surface area contributed by atoms with E-state index >= 15 is 0 Å². The number of nitrogens with zero attached hydrogens (tertiary/aromatic N) is 1. The van der Waals surface area contributed by atoms with Gasteiger partial charge in [-0.3, -0.25) is 24.5 Å². The van der Waals surface area contributed by atoms with Gasteiger partial charge in [0.15, 0.2) is 0 Å². The zero-order valence-electron chi connectivity index (χ0n) is 19.1. The van der Waals surface area contributed by atoms with E-state index in [1.165, 1.54) is 24.2 Å². The second-order valence-corrected chi connectivity index (χ2v) is 9.53. The lowest BCUT2D eigenvalue weighted by atomic mass is 9.81. The average molecular weight is 460 g/mol. The molecule has 7 heteroatoms. The molecule has 2 N–H and O–H groups in total. The van der Waals surface area contributed by atoms with Gasteiger partial charge in [0, 0.05) is 24.1 Å². The van der Waals surface area contributed by atoms with E-state index in [-0.39, 0.29) is 36.7 Å². The van der Waals surface area contributed by atoms with E-state index in [2.05, 4.69) is 22.8 Å². The molecule has 176 valence electrons. The van der Waals surface area contributed by atoms with Crippen molar-refractivity contribution in [3.63, 3.8) is 0 Å². The van der Waals surface area contributed by atoms with Crippen LogP contribution < -0.4 is 10.6 Å². The number of rotatable bonds is 5. The summed E-state index contributed by atoms with van der Waals surface area (Å²) < 4.78 is 0. The molecule has 1 saturated carbocycles. The SMILES string of the molecule is O=C1CCC(N2Cc3cc(C(=O)N[C@@H](c4ccccc4)C4CCCCC4)ccc3C2=O)C(=O)N1. The molecule has 7 nitrogen and oxygen atoms in total. The summed E-state index contributed by atoms with van der Waals surface area (Å²) in [7, 11) is 0. The molecule has 34 heavy (non-hydrogen) atoms. The number of piperidine rings is 1. The second-order valence-electron chi connectivity index (χ2n) is 9.53. The Hall–Kier alpha value is -3.48. The molecule has 1 saturated heterocycles. The molecule has 2 fully saturated rings. The van der Waals surface area contributed by atoms with Gasteiger partial charge >= 0.3 is 0 Å². The van der Waals surface area contributed by atoms with Crippen LogP contribution in [0.2, 0.25) is 0 Å². The van der Waals surface area contributed by atoms with Crippen molar-refractivity contribution in [2.45, 2.75) is 63.6 Å². The fourth-order valence-corrected chi connectivity index (χ4v) is 5.54. The zero-order valence-corrected chi connectivity index (χ0v) is 19.1. The lowest BCUT2D eigenvalue weighted by Crippen LogP contribution is -2.52. The molecule has 2 heterocycles. The topological polar surface area (TPSA) is 95.6 Å². The van der Waals surface area contributed by atoms with E-state index in [0.717, 1.165) is 24.0 Å². The predicted molar refractivity (Wildman–Crippen MR) is 126 cm³/mol. The third-order valence-corrected chi connectivity index (χ3v) is 7.35. The van der Waals surface area contributed by atoms with Crippen molar-refractivity contribution in [3.05, 3.63) is 70.8 Å². The number of carbonyl (C=O) groups excluding carboxylic acids is 4. The first-order chi connectivity index (χ1) is 16.5. The lowest BCUT2D eigenvalue weighted by molar-refractivity contribution is -0.136. The summed E-state index contributed by atoms with van der Waals surface area (Å²) in [6.45, 7) is 0.256. The normalized spacial score (nSPS) is 21.7. The van der Waals surface area contributed by atoms with Gasteiger partial charge in [-0.15, -0.1) is 0 Å². The number of imide groups is 1. The third-order valence-electron chi connectivity index (χ3n) is 7.35. The fourth-order valence-electron chi connectivity index (χ4n) is 5.54. The Balaban J connectivity index is 1.34. The summed E-state index contributed by atoms with van der Waals surface area (Å²) >= 11 is 0. The largest absolute Gasteiger partial charge is 0.345 e. The van der Waals surface area contributed by atoms with E-state index in [9.17, 15) is 19.2 Å². The number of fused-ring (bicyclic) bond motifs is 1. The minimum Gasteiger partial charge on any atom is -0.345 e. The third kappa shape index (κ3) is 4.34. The fraction of sp³-hybridized carbons (Fsp3) is 0.407. The first-order valence-corrected chi connectivity index (χ1v) is 12.1. The van der Waals surface area contributed by atoms with Crippen LogP contribution in [-0.4, -0.2) is 34.6 Å². The maximum Gasteiger partial charge on any atom is 0.255 e. The predicted octanol–water partition coefficient (Wildman–Crippen LogP) is 3.50. The number of carbonyl (C=O) groups is 4. The summed E-state index contributed by atoms with van der Waals surface area (Å²) in [6, 6.07) is 14.5. The minimum atomic E-state index is -0.663. The van der Waals surface area contributed by atoms with Gasteiger partial charge in [-0.1, -0.05) is 49.6 Å². The minimum absolute atomic E-state index is 0.0520. The van der Waals surface area contributed by atoms with Crippen LogP contribution in [0.25, 0.3) is 0 Å². The summed E-state index contributed by atoms with van der Waals surface area (Å²) in [5.74, 6) is -0.738. The van der Waals surface area contributed by atoms with Gasteiger partial charge in [-0.25, -0.2) is 0 Å². The highest BCUT2D eigenvalue weighted by Crippen LogP contribution is 2.35. The van der Waals surface area contributed by atoms with Gasteiger partial charge in [0.05, 0.1) is 6.04 Å². The smallest absolute Gasteiger partial charge is 0.255 e. The zero-order chi connectivity index (χ0) is 23.7. The monoisotopic (exact) mass is 459 g/mol. The van der Waals surface area contributed by atoms with Crippen LogP contribution in [-0.2, 0) is 16.1 Å². The quantitative estimate of drug-likeness (QED) is 0.669. The van der Waals surface area contributed by atoms with Crippen LogP contribution in [0, 0.1) is 5.92 Å². The number of hydrogen-bond acceptors (Lipinski definition) is 4. The summed E-state index contributed by atoms with van der Waals surface area (Å²) in [5.41, 5.74) is 2.86. The van der Waals surface area contributed by atoms with E-state index in [4.69, 9.17) is 0 Å². The number of amides is 4. The second kappa shape index (κ2) is 9.41. The molecule has 2 aromatic carbocycles. The first kappa shape index (κ1) is 22.3. The summed E-state index contributed by atoms with van der Waals surface area (Å²) in [4.78, 5) is 51.5. The van der Waals surface area contributed by atoms with Crippen LogP contribution in [0.4, 0.5) is 0 Å². The Morgan fingerprint density at radius 1 is 0.971 bits per heavy atom. The molecule has 2 aliphatic heterocycles. The lowest BCUT2D eigenvalue weighted by Gasteiger charge is -2.31. The molecule has 4 amide bonds. The number of benzene rings is 2. The van der Waals surface area contributed by atoms with Crippen molar-refractivity contribution in [1.29, 1.82) is 0 Å². The Bertz CT molecular complexity index is 1120. The van der Waals surface area contributed by atoms with Crippen molar-refractivity contribution in [2.75, 3.05) is 0 Å². The van der Waals surface area contributed by atoms with E-state index < -0.39 is 11.9 Å². The summed E-state index contributed by atoms with van der Waals surface area (Å²) in [6.07, 6.45) is 6.33. The van der Waals surface area contributed by atoms with Crippen LogP contribution in [0.3, 0.4) is 0 Å². The van der Waals surface area contributed by atoms with Crippen LogP contribution >= 0.6 is 0 Å². The standard InChI is InChI=1S/C27H29N3O4/c31-23-14-13-22(26(33)28-23)30-16-20-15-19(11-12-21(20)27(30)34)25(32)29-24(17-7-3-1-4-8-17)18-9-5-2-6-10-18/h1,3-4,7-8,11-12,15,18,22,24H,2,5-6,9-10,13-14,16H2,(H,29,32)(H,28,31,33)/t22?,24-/m0/s1. The molecule has 1 unspecified atom stereocenters. The Labute approximate surface area is 198 Å². The summed E-state index contributed by atoms with van der Waals surface area (Å²) in [5, 5.41) is 5.58. The first-order valence-electron chi connectivity index (χ1n) is 12.1. The van der Waals surface area contributed by atoms with E-state index in [1.807, 2.05) is 18.2 Å².